The summed E-state index contributed by atoms with van der Waals surface area (Å²) in [6, 6.07) is 12.8. The van der Waals surface area contributed by atoms with Crippen LogP contribution in [0.4, 0.5) is 0 Å². The van der Waals surface area contributed by atoms with Gasteiger partial charge in [-0.1, -0.05) is 89.8 Å². The predicted octanol–water partition coefficient (Wildman–Crippen LogP) is 7.61. The van der Waals surface area contributed by atoms with Gasteiger partial charge in [-0.2, -0.15) is 0 Å². The molecule has 0 atom stereocenters. The van der Waals surface area contributed by atoms with Crippen LogP contribution in [-0.2, 0) is 34.8 Å². The molecule has 2 rings (SSSR count). The van der Waals surface area contributed by atoms with Crippen LogP contribution in [0.15, 0.2) is 36.4 Å². The molecule has 2 aromatic carbocycles. The van der Waals surface area contributed by atoms with E-state index in [-0.39, 0.29) is 29.6 Å². The van der Waals surface area contributed by atoms with Crippen molar-refractivity contribution >= 4 is 37.4 Å². The van der Waals surface area contributed by atoms with E-state index in [2.05, 4.69) is 52.0 Å². The Bertz CT molecular complexity index is 861. The minimum absolute atomic E-state index is 0. The molecule has 0 heterocycles. The fraction of sp³-hybridized carbons (Fsp3) is 0.586. The molecule has 2 N–H and O–H groups in total. The van der Waals surface area contributed by atoms with E-state index in [1.807, 2.05) is 12.1 Å². The number of phosphoric ester groups is 1. The average Bonchev–Trinajstić information content (AvgIpc) is 2.81. The van der Waals surface area contributed by atoms with Gasteiger partial charge in [-0.3, -0.25) is 4.52 Å². The van der Waals surface area contributed by atoms with Gasteiger partial charge < -0.3 is 9.79 Å². The molecule has 0 aromatic heterocycles. The van der Waals surface area contributed by atoms with Crippen molar-refractivity contribution in [2.24, 2.45) is 0 Å². The fourth-order valence-electron chi connectivity index (χ4n) is 4.49. The second kappa shape index (κ2) is 17.1. The second-order valence-corrected chi connectivity index (χ2v) is 10.6. The van der Waals surface area contributed by atoms with Crippen LogP contribution in [0.1, 0.15) is 119 Å². The van der Waals surface area contributed by atoms with E-state index in [4.69, 9.17) is 4.52 Å². The summed E-state index contributed by atoms with van der Waals surface area (Å²) in [6.45, 7) is 8.72. The van der Waals surface area contributed by atoms with Gasteiger partial charge in [-0.25, -0.2) is 4.57 Å². The number of rotatable bonds is 16. The minimum atomic E-state index is -4.70. The van der Waals surface area contributed by atoms with Crippen LogP contribution < -0.4 is 0 Å². The van der Waals surface area contributed by atoms with Gasteiger partial charge in [-0.05, 0) is 84.7 Å². The third-order valence-electron chi connectivity index (χ3n) is 6.46. The topological polar surface area (TPSA) is 66.8 Å². The quantitative estimate of drug-likeness (QED) is 0.179. The van der Waals surface area contributed by atoms with Gasteiger partial charge in [0.2, 0.25) is 0 Å². The molecule has 0 fully saturated rings. The molecule has 35 heavy (non-hydrogen) atoms. The zero-order valence-corrected chi connectivity index (χ0v) is 22.6. The summed E-state index contributed by atoms with van der Waals surface area (Å²) in [6.07, 6.45) is 11.8. The van der Waals surface area contributed by atoms with Crippen LogP contribution in [0.5, 0.6) is 0 Å². The fourth-order valence-corrected chi connectivity index (χ4v) is 4.99. The van der Waals surface area contributed by atoms with Crippen molar-refractivity contribution in [2.45, 2.75) is 111 Å². The van der Waals surface area contributed by atoms with Crippen LogP contribution >= 0.6 is 7.82 Å². The van der Waals surface area contributed by atoms with Crippen LogP contribution in [0.2, 0.25) is 0 Å². The van der Waals surface area contributed by atoms with Gasteiger partial charge in [0, 0.05) is 0 Å². The van der Waals surface area contributed by atoms with Crippen molar-refractivity contribution < 1.29 is 18.9 Å². The first-order chi connectivity index (χ1) is 16.3. The summed E-state index contributed by atoms with van der Waals surface area (Å²) in [5.74, 6) is 0. The Morgan fingerprint density at radius 2 is 1.06 bits per heavy atom. The van der Waals surface area contributed by atoms with Gasteiger partial charge in [-0.15, -0.1) is 0 Å². The molecule has 192 valence electrons. The van der Waals surface area contributed by atoms with Crippen LogP contribution in [0.25, 0.3) is 0 Å². The van der Waals surface area contributed by atoms with E-state index in [0.29, 0.717) is 0 Å². The molecule has 2 aromatic rings. The van der Waals surface area contributed by atoms with E-state index in [1.54, 1.807) is 0 Å². The van der Waals surface area contributed by atoms with E-state index in [1.165, 1.54) is 11.1 Å². The molecule has 6 heteroatoms. The zero-order chi connectivity index (χ0) is 25.0. The molecule has 4 nitrogen and oxygen atoms in total. The Labute approximate surface area is 235 Å². The van der Waals surface area contributed by atoms with E-state index >= 15 is 0 Å². The monoisotopic (exact) mass is 512 g/mol. The van der Waals surface area contributed by atoms with Crippen molar-refractivity contribution in [1.29, 1.82) is 0 Å². The Morgan fingerprint density at radius 1 is 0.686 bits per heavy atom. The molecule has 0 aliphatic heterocycles. The average molecular weight is 513 g/mol. The second-order valence-electron chi connectivity index (χ2n) is 9.46. The normalized spacial score (nSPS) is 11.6. The van der Waals surface area contributed by atoms with E-state index < -0.39 is 13.9 Å². The molecule has 0 unspecified atom stereocenters. The third-order valence-corrected chi connectivity index (χ3v) is 6.95. The number of phosphoric acid groups is 1. The summed E-state index contributed by atoms with van der Waals surface area (Å²) < 4.78 is 17.7. The molecule has 0 bridgehead atoms. The van der Waals surface area contributed by atoms with Gasteiger partial charge in [0.25, 0.3) is 0 Å². The first-order valence-electron chi connectivity index (χ1n) is 13.3. The summed E-state index contributed by atoms with van der Waals surface area (Å²) >= 11 is 0. The first-order valence-corrected chi connectivity index (χ1v) is 14.8. The zero-order valence-electron chi connectivity index (χ0n) is 21.7. The number of aryl methyl sites for hydroxylation is 4. The van der Waals surface area contributed by atoms with Crippen LogP contribution in [0, 0.1) is 0 Å². The summed E-state index contributed by atoms with van der Waals surface area (Å²) in [5, 5.41) is 0. The Hall–Kier alpha value is -0.450. The van der Waals surface area contributed by atoms with Crippen molar-refractivity contribution in [3.63, 3.8) is 0 Å². The molecule has 0 saturated carbocycles. The maximum atomic E-state index is 12.1. The number of benzene rings is 2. The molecular formula is C29H46NaO4P. The van der Waals surface area contributed by atoms with Gasteiger partial charge >= 0.3 is 37.4 Å². The number of hydrogen-bond donors (Lipinski definition) is 2. The molecule has 0 aliphatic rings. The molecule has 0 spiro atoms. The Kier molecular flexibility index (Phi) is 15.9. The van der Waals surface area contributed by atoms with Crippen molar-refractivity contribution in [1.82, 2.24) is 0 Å². The van der Waals surface area contributed by atoms with Gasteiger partial charge in [0.15, 0.2) is 0 Å². The molecule has 0 saturated heterocycles. The van der Waals surface area contributed by atoms with Crippen molar-refractivity contribution in [3.8, 4) is 0 Å². The third kappa shape index (κ3) is 11.2. The predicted molar refractivity (Wildman–Crippen MR) is 149 cm³/mol. The molecule has 0 radical (unpaired) electrons. The van der Waals surface area contributed by atoms with E-state index in [0.717, 1.165) is 99.3 Å². The van der Waals surface area contributed by atoms with Crippen molar-refractivity contribution in [2.75, 3.05) is 0 Å². The van der Waals surface area contributed by atoms with Crippen LogP contribution in [-0.4, -0.2) is 39.3 Å². The van der Waals surface area contributed by atoms with Gasteiger partial charge in [0.05, 0.1) is 0 Å². The summed E-state index contributed by atoms with van der Waals surface area (Å²) in [5.41, 5.74) is 6.63. The number of unbranched alkanes of at least 4 members (excludes halogenated alkanes) is 4. The molecule has 0 aliphatic carbocycles. The first kappa shape index (κ1) is 32.6. The SMILES string of the molecule is CCCCc1ccc(C(OP(=O)(O)O)c2ccc(CCCC)cc2CCCC)c(CCCC)c1.[NaH]. The van der Waals surface area contributed by atoms with Gasteiger partial charge in [0.1, 0.15) is 6.10 Å². The summed E-state index contributed by atoms with van der Waals surface area (Å²) in [4.78, 5) is 19.7. The Morgan fingerprint density at radius 3 is 1.40 bits per heavy atom. The Balaban J connectivity index is 0.00000612. The number of hydrogen-bond acceptors (Lipinski definition) is 2. The standard InChI is InChI=1S/C29H45O4P.Na.H/c1-5-9-13-23-17-19-27(25(21-23)15-11-7-3)29(33-34(30,31)32)28-20-18-24(14-10-6-2)22-26(28)16-12-8-4;;/h17-22,29H,5-16H2,1-4H3,(H2,30,31,32);;. The molecular weight excluding hydrogens is 466 g/mol. The van der Waals surface area contributed by atoms with E-state index in [9.17, 15) is 14.4 Å². The maximum absolute atomic E-state index is 12.1. The molecule has 0 amide bonds. The van der Waals surface area contributed by atoms with Crippen LogP contribution in [0.3, 0.4) is 0 Å². The summed E-state index contributed by atoms with van der Waals surface area (Å²) in [7, 11) is -4.70. The van der Waals surface area contributed by atoms with Crippen molar-refractivity contribution in [3.05, 3.63) is 69.8 Å².